The highest BCUT2D eigenvalue weighted by atomic mass is 32.2. The van der Waals surface area contributed by atoms with E-state index >= 15 is 0 Å². The maximum absolute atomic E-state index is 12.6. The fourth-order valence-electron chi connectivity index (χ4n) is 3.38. The molecule has 4 nitrogen and oxygen atoms in total. The Kier molecular flexibility index (Phi) is 4.38. The first-order chi connectivity index (χ1) is 10.1. The SMILES string of the molecule is Cc1ccn(CC(=O)N2CCS[C@@H]3CCCC[C@H]32)c(=O)c1. The lowest BCUT2D eigenvalue weighted by Crippen LogP contribution is -2.52. The topological polar surface area (TPSA) is 42.3 Å². The number of hydrogen-bond acceptors (Lipinski definition) is 3. The zero-order valence-corrected chi connectivity index (χ0v) is 13.3. The molecule has 1 aromatic rings. The van der Waals surface area contributed by atoms with E-state index in [1.807, 2.05) is 29.7 Å². The standard InChI is InChI=1S/C16H22N2O2S/c1-12-6-7-17(15(19)10-12)11-16(20)18-8-9-21-14-5-3-2-4-13(14)18/h6-7,10,13-14H,2-5,8-9,11H2,1H3/t13-,14-/m1/s1. The van der Waals surface area contributed by atoms with E-state index in [0.717, 1.165) is 24.3 Å². The van der Waals surface area contributed by atoms with Gasteiger partial charge in [-0.15, -0.1) is 0 Å². The summed E-state index contributed by atoms with van der Waals surface area (Å²) in [5, 5.41) is 0.603. The molecule has 1 aliphatic carbocycles. The molecular weight excluding hydrogens is 284 g/mol. The number of pyridine rings is 1. The van der Waals surface area contributed by atoms with Crippen molar-refractivity contribution in [3.63, 3.8) is 0 Å². The zero-order chi connectivity index (χ0) is 14.8. The number of carbonyl (C=O) groups is 1. The van der Waals surface area contributed by atoms with E-state index in [4.69, 9.17) is 0 Å². The molecule has 0 N–H and O–H groups in total. The molecular formula is C16H22N2O2S. The molecule has 1 amide bonds. The van der Waals surface area contributed by atoms with Crippen molar-refractivity contribution >= 4 is 17.7 Å². The van der Waals surface area contributed by atoms with Gasteiger partial charge >= 0.3 is 0 Å². The zero-order valence-electron chi connectivity index (χ0n) is 12.5. The first kappa shape index (κ1) is 14.7. The molecule has 2 aliphatic rings. The molecule has 0 aromatic carbocycles. The van der Waals surface area contributed by atoms with Crippen molar-refractivity contribution in [2.45, 2.75) is 50.4 Å². The molecule has 21 heavy (non-hydrogen) atoms. The second-order valence-corrected chi connectivity index (χ2v) is 7.37. The third-order valence-electron chi connectivity index (χ3n) is 4.51. The normalized spacial score (nSPS) is 25.5. The van der Waals surface area contributed by atoms with Crippen LogP contribution in [0.5, 0.6) is 0 Å². The summed E-state index contributed by atoms with van der Waals surface area (Å²) in [6, 6.07) is 3.85. The number of hydrogen-bond donors (Lipinski definition) is 0. The van der Waals surface area contributed by atoms with Crippen molar-refractivity contribution in [1.82, 2.24) is 9.47 Å². The molecule has 1 aromatic heterocycles. The number of thioether (sulfide) groups is 1. The number of rotatable bonds is 2. The Morgan fingerprint density at radius 1 is 1.38 bits per heavy atom. The van der Waals surface area contributed by atoms with Crippen LogP contribution in [0.1, 0.15) is 31.2 Å². The first-order valence-corrected chi connectivity index (χ1v) is 8.78. The quantitative estimate of drug-likeness (QED) is 0.840. The minimum Gasteiger partial charge on any atom is -0.336 e. The molecule has 2 heterocycles. The highest BCUT2D eigenvalue weighted by Crippen LogP contribution is 2.35. The fraction of sp³-hybridized carbons (Fsp3) is 0.625. The number of fused-ring (bicyclic) bond motifs is 1. The van der Waals surface area contributed by atoms with Gasteiger partial charge < -0.3 is 9.47 Å². The third kappa shape index (κ3) is 3.18. The van der Waals surface area contributed by atoms with E-state index in [0.29, 0.717) is 11.3 Å². The maximum Gasteiger partial charge on any atom is 0.251 e. The maximum atomic E-state index is 12.6. The van der Waals surface area contributed by atoms with Crippen molar-refractivity contribution in [2.75, 3.05) is 12.3 Å². The second kappa shape index (κ2) is 6.26. The van der Waals surface area contributed by atoms with Crippen molar-refractivity contribution in [3.8, 4) is 0 Å². The molecule has 1 saturated heterocycles. The highest BCUT2D eigenvalue weighted by Gasteiger charge is 2.36. The number of aryl methyl sites for hydroxylation is 1. The molecule has 1 aliphatic heterocycles. The van der Waals surface area contributed by atoms with E-state index in [-0.39, 0.29) is 18.0 Å². The minimum absolute atomic E-state index is 0.0880. The summed E-state index contributed by atoms with van der Waals surface area (Å²) in [5.41, 5.74) is 0.848. The molecule has 0 spiro atoms. The van der Waals surface area contributed by atoms with Crippen LogP contribution in [0.2, 0.25) is 0 Å². The van der Waals surface area contributed by atoms with Crippen LogP contribution in [0.25, 0.3) is 0 Å². The third-order valence-corrected chi connectivity index (χ3v) is 5.91. The van der Waals surface area contributed by atoms with Crippen LogP contribution in [0, 0.1) is 6.92 Å². The average molecular weight is 306 g/mol. The molecule has 1 saturated carbocycles. The second-order valence-electron chi connectivity index (χ2n) is 6.02. The summed E-state index contributed by atoms with van der Waals surface area (Å²) < 4.78 is 1.52. The van der Waals surface area contributed by atoms with Crippen LogP contribution in [0.15, 0.2) is 23.1 Å². The Morgan fingerprint density at radius 3 is 3.00 bits per heavy atom. The van der Waals surface area contributed by atoms with Crippen LogP contribution in [0.4, 0.5) is 0 Å². The van der Waals surface area contributed by atoms with Crippen molar-refractivity contribution < 1.29 is 4.79 Å². The predicted octanol–water partition coefficient (Wildman–Crippen LogP) is 2.04. The van der Waals surface area contributed by atoms with E-state index in [1.54, 1.807) is 12.3 Å². The van der Waals surface area contributed by atoms with Gasteiger partial charge in [0.05, 0.1) is 0 Å². The fourth-order valence-corrected chi connectivity index (χ4v) is 4.82. The number of amides is 1. The van der Waals surface area contributed by atoms with Gasteiger partial charge in [-0.1, -0.05) is 12.8 Å². The molecule has 114 valence electrons. The van der Waals surface area contributed by atoms with Gasteiger partial charge in [-0.2, -0.15) is 11.8 Å². The molecule has 2 atom stereocenters. The summed E-state index contributed by atoms with van der Waals surface area (Å²) >= 11 is 2.02. The van der Waals surface area contributed by atoms with Crippen LogP contribution in [-0.4, -0.2) is 39.0 Å². The van der Waals surface area contributed by atoms with E-state index < -0.39 is 0 Å². The molecule has 3 rings (SSSR count). The van der Waals surface area contributed by atoms with Crippen molar-refractivity contribution in [2.24, 2.45) is 0 Å². The summed E-state index contributed by atoms with van der Waals surface area (Å²) in [6.07, 6.45) is 6.58. The molecule has 2 fully saturated rings. The van der Waals surface area contributed by atoms with Crippen molar-refractivity contribution in [1.29, 1.82) is 0 Å². The van der Waals surface area contributed by atoms with Crippen LogP contribution < -0.4 is 5.56 Å². The molecule has 5 heteroatoms. The molecule has 0 bridgehead atoms. The van der Waals surface area contributed by atoms with Gasteiger partial charge in [0.1, 0.15) is 6.54 Å². The Hall–Kier alpha value is -1.23. The van der Waals surface area contributed by atoms with E-state index in [1.165, 1.54) is 23.8 Å². The lowest BCUT2D eigenvalue weighted by Gasteiger charge is -2.43. The van der Waals surface area contributed by atoms with E-state index in [2.05, 4.69) is 0 Å². The van der Waals surface area contributed by atoms with Gasteiger partial charge in [0.2, 0.25) is 5.91 Å². The summed E-state index contributed by atoms with van der Waals surface area (Å²) in [7, 11) is 0. The Balaban J connectivity index is 1.73. The van der Waals surface area contributed by atoms with Crippen molar-refractivity contribution in [3.05, 3.63) is 34.2 Å². The minimum atomic E-state index is -0.0880. The van der Waals surface area contributed by atoms with Crippen LogP contribution in [0.3, 0.4) is 0 Å². The van der Waals surface area contributed by atoms with Gasteiger partial charge in [-0.3, -0.25) is 9.59 Å². The lowest BCUT2D eigenvalue weighted by atomic mass is 9.93. The molecule has 0 radical (unpaired) electrons. The van der Waals surface area contributed by atoms with Gasteiger partial charge in [-0.05, 0) is 31.4 Å². The largest absolute Gasteiger partial charge is 0.336 e. The van der Waals surface area contributed by atoms with Gasteiger partial charge in [-0.25, -0.2) is 0 Å². The van der Waals surface area contributed by atoms with Crippen LogP contribution >= 0.6 is 11.8 Å². The van der Waals surface area contributed by atoms with Gasteiger partial charge in [0, 0.05) is 35.9 Å². The average Bonchev–Trinajstić information content (AvgIpc) is 2.49. The Labute approximate surface area is 129 Å². The smallest absolute Gasteiger partial charge is 0.251 e. The summed E-state index contributed by atoms with van der Waals surface area (Å²) in [5.74, 6) is 1.12. The monoisotopic (exact) mass is 306 g/mol. The number of nitrogens with zero attached hydrogens (tertiary/aromatic N) is 2. The van der Waals surface area contributed by atoms with Crippen LogP contribution in [-0.2, 0) is 11.3 Å². The summed E-state index contributed by atoms with van der Waals surface area (Å²) in [4.78, 5) is 26.6. The van der Waals surface area contributed by atoms with Gasteiger partial charge in [0.15, 0.2) is 0 Å². The predicted molar refractivity (Wildman–Crippen MR) is 85.7 cm³/mol. The van der Waals surface area contributed by atoms with E-state index in [9.17, 15) is 9.59 Å². The first-order valence-electron chi connectivity index (χ1n) is 7.73. The lowest BCUT2D eigenvalue weighted by molar-refractivity contribution is -0.134. The summed E-state index contributed by atoms with van der Waals surface area (Å²) in [6.45, 7) is 2.89. The Bertz CT molecular complexity index is 582. The number of carbonyl (C=O) groups excluding carboxylic acids is 1. The highest BCUT2D eigenvalue weighted by molar-refractivity contribution is 8.00. The molecule has 0 unspecified atom stereocenters. The van der Waals surface area contributed by atoms with Gasteiger partial charge in [0.25, 0.3) is 5.56 Å². The Morgan fingerprint density at radius 2 is 2.19 bits per heavy atom. The number of aromatic nitrogens is 1.